The normalized spacial score (nSPS) is 13.5. The van der Waals surface area contributed by atoms with Gasteiger partial charge < -0.3 is 9.64 Å². The van der Waals surface area contributed by atoms with E-state index in [1.807, 2.05) is 59.6 Å². The van der Waals surface area contributed by atoms with Crippen LogP contribution in [0, 0.1) is 5.82 Å². The van der Waals surface area contributed by atoms with Gasteiger partial charge in [0.1, 0.15) is 18.2 Å². The van der Waals surface area contributed by atoms with E-state index in [9.17, 15) is 4.39 Å². The predicted molar refractivity (Wildman–Crippen MR) is 122 cm³/mol. The molecule has 0 atom stereocenters. The summed E-state index contributed by atoms with van der Waals surface area (Å²) in [5.74, 6) is 2.42. The lowest BCUT2D eigenvalue weighted by Crippen LogP contribution is -2.30. The highest BCUT2D eigenvalue weighted by atomic mass is 19.1. The third-order valence-electron chi connectivity index (χ3n) is 5.04. The number of rotatable bonds is 1. The second kappa shape index (κ2) is 8.32. The van der Waals surface area contributed by atoms with E-state index < -0.39 is 0 Å². The van der Waals surface area contributed by atoms with Gasteiger partial charge in [0.25, 0.3) is 0 Å². The van der Waals surface area contributed by atoms with E-state index in [0.717, 1.165) is 34.3 Å². The van der Waals surface area contributed by atoms with E-state index in [1.165, 1.54) is 12.1 Å². The number of ether oxygens (including phenoxy) is 1. The molecule has 0 bridgehead atoms. The van der Waals surface area contributed by atoms with Crippen molar-refractivity contribution in [3.8, 4) is 11.5 Å². The molecule has 4 aromatic rings. The Balaban J connectivity index is 0.000000250. The Morgan fingerprint density at radius 3 is 2.00 bits per heavy atom. The van der Waals surface area contributed by atoms with Gasteiger partial charge in [-0.15, -0.1) is 0 Å². The lowest BCUT2D eigenvalue weighted by Gasteiger charge is -2.21. The fourth-order valence-corrected chi connectivity index (χ4v) is 3.57. The smallest absolute Gasteiger partial charge is 0.166 e. The zero-order valence-corrected chi connectivity index (χ0v) is 16.7. The molecule has 4 nitrogen and oxygen atoms in total. The first-order valence-corrected chi connectivity index (χ1v) is 10.1. The summed E-state index contributed by atoms with van der Waals surface area (Å²) >= 11 is 0. The third-order valence-corrected chi connectivity index (χ3v) is 5.04. The molecule has 0 N–H and O–H groups in total. The summed E-state index contributed by atoms with van der Waals surface area (Å²) in [6, 6.07) is 34.3. The minimum atomic E-state index is -0.178. The van der Waals surface area contributed by atoms with Crippen molar-refractivity contribution in [1.29, 1.82) is 0 Å². The third kappa shape index (κ3) is 3.85. The van der Waals surface area contributed by atoms with E-state index >= 15 is 0 Å². The van der Waals surface area contributed by atoms with Crippen molar-refractivity contribution >= 4 is 17.2 Å². The summed E-state index contributed by atoms with van der Waals surface area (Å²) in [6.45, 7) is 0.661. The van der Waals surface area contributed by atoms with Crippen molar-refractivity contribution in [1.82, 2.24) is 0 Å². The van der Waals surface area contributed by atoms with Gasteiger partial charge in [0, 0.05) is 0 Å². The van der Waals surface area contributed by atoms with Crippen LogP contribution >= 0.6 is 0 Å². The second-order valence-corrected chi connectivity index (χ2v) is 7.09. The molecule has 31 heavy (non-hydrogen) atoms. The SMILES string of the molecule is Fc1ccccc1.c1ccc(N2CN3C(=N2)c2ccccc2Oc2ccccc23)cc1. The van der Waals surface area contributed by atoms with Crippen molar-refractivity contribution in [2.24, 2.45) is 5.10 Å². The monoisotopic (exact) mass is 409 g/mol. The molecule has 152 valence electrons. The molecule has 0 aliphatic carbocycles. The number of nitrogens with zero attached hydrogens (tertiary/aromatic N) is 3. The lowest BCUT2D eigenvalue weighted by molar-refractivity contribution is 0.484. The molecule has 2 heterocycles. The number of halogens is 1. The van der Waals surface area contributed by atoms with Gasteiger partial charge in [-0.05, 0) is 48.5 Å². The summed E-state index contributed by atoms with van der Waals surface area (Å²) in [6.07, 6.45) is 0. The minimum absolute atomic E-state index is 0.178. The standard InChI is InChI=1S/C20H15N3O.C6H5F/c1-2-8-15(9-3-1)23-14-22-17-11-5-7-13-19(17)24-18-12-6-4-10-16(18)20(22)21-23;7-6-4-2-1-3-5-6/h1-13H,14H2;1-5H. The number of benzene rings is 4. The maximum atomic E-state index is 11.9. The molecular weight excluding hydrogens is 389 g/mol. The maximum absolute atomic E-state index is 11.9. The maximum Gasteiger partial charge on any atom is 0.166 e. The Hall–Kier alpha value is -4.12. The van der Waals surface area contributed by atoms with Gasteiger partial charge in [-0.1, -0.05) is 60.7 Å². The van der Waals surface area contributed by atoms with Gasteiger partial charge in [-0.25, -0.2) is 9.40 Å². The molecule has 5 heteroatoms. The van der Waals surface area contributed by atoms with Crippen molar-refractivity contribution in [2.45, 2.75) is 0 Å². The van der Waals surface area contributed by atoms with Crippen molar-refractivity contribution in [3.05, 3.63) is 121 Å². The molecule has 0 spiro atoms. The van der Waals surface area contributed by atoms with E-state index in [0.29, 0.717) is 6.67 Å². The summed E-state index contributed by atoms with van der Waals surface area (Å²) < 4.78 is 18.0. The number of hydrogen-bond donors (Lipinski definition) is 0. The lowest BCUT2D eigenvalue weighted by atomic mass is 10.1. The second-order valence-electron chi connectivity index (χ2n) is 7.09. The fraction of sp³-hybridized carbons (Fsp3) is 0.0385. The molecule has 0 saturated carbocycles. The Morgan fingerprint density at radius 2 is 1.29 bits per heavy atom. The number of amidine groups is 1. The topological polar surface area (TPSA) is 28.1 Å². The van der Waals surface area contributed by atoms with Gasteiger partial charge in [0.15, 0.2) is 11.6 Å². The molecule has 4 aromatic carbocycles. The molecule has 2 aliphatic rings. The van der Waals surface area contributed by atoms with Crippen LogP contribution < -0.4 is 14.6 Å². The highest BCUT2D eigenvalue weighted by Crippen LogP contribution is 2.41. The zero-order chi connectivity index (χ0) is 21.0. The highest BCUT2D eigenvalue weighted by Gasteiger charge is 2.32. The van der Waals surface area contributed by atoms with Crippen LogP contribution in [-0.4, -0.2) is 12.5 Å². The molecular formula is C26H20FN3O. The first-order valence-electron chi connectivity index (χ1n) is 10.1. The van der Waals surface area contributed by atoms with Gasteiger partial charge in [0.05, 0.1) is 16.9 Å². The number of para-hydroxylation sites is 4. The minimum Gasteiger partial charge on any atom is -0.454 e. The predicted octanol–water partition coefficient (Wildman–Crippen LogP) is 6.26. The first kappa shape index (κ1) is 18.9. The molecule has 0 radical (unpaired) electrons. The van der Waals surface area contributed by atoms with E-state index in [2.05, 4.69) is 29.2 Å². The van der Waals surface area contributed by atoms with Crippen molar-refractivity contribution < 1.29 is 9.13 Å². The largest absolute Gasteiger partial charge is 0.454 e. The van der Waals surface area contributed by atoms with Gasteiger partial charge >= 0.3 is 0 Å². The Morgan fingerprint density at radius 1 is 0.677 bits per heavy atom. The van der Waals surface area contributed by atoms with Gasteiger partial charge in [-0.3, -0.25) is 0 Å². The van der Waals surface area contributed by atoms with Gasteiger partial charge in [-0.2, -0.15) is 5.10 Å². The van der Waals surface area contributed by atoms with Crippen LogP contribution in [0.5, 0.6) is 11.5 Å². The zero-order valence-electron chi connectivity index (χ0n) is 16.7. The van der Waals surface area contributed by atoms with E-state index in [1.54, 1.807) is 18.2 Å². The summed E-state index contributed by atoms with van der Waals surface area (Å²) in [4.78, 5) is 2.20. The Bertz CT molecular complexity index is 1210. The van der Waals surface area contributed by atoms with Crippen LogP contribution in [0.3, 0.4) is 0 Å². The molecule has 2 aliphatic heterocycles. The number of fused-ring (bicyclic) bond motifs is 5. The Labute approximate surface area is 180 Å². The summed E-state index contributed by atoms with van der Waals surface area (Å²) in [5, 5.41) is 6.90. The number of anilines is 2. The van der Waals surface area contributed by atoms with E-state index in [4.69, 9.17) is 9.84 Å². The molecule has 0 saturated heterocycles. The molecule has 0 fully saturated rings. The van der Waals surface area contributed by atoms with Crippen molar-refractivity contribution in [2.75, 3.05) is 16.6 Å². The average Bonchev–Trinajstić information content (AvgIpc) is 3.21. The Kier molecular flexibility index (Phi) is 5.07. The van der Waals surface area contributed by atoms with Crippen LogP contribution in [-0.2, 0) is 0 Å². The average molecular weight is 409 g/mol. The number of hydrazone groups is 1. The fourth-order valence-electron chi connectivity index (χ4n) is 3.57. The molecule has 0 amide bonds. The van der Waals surface area contributed by atoms with E-state index in [-0.39, 0.29) is 5.82 Å². The molecule has 0 aromatic heterocycles. The molecule has 0 unspecified atom stereocenters. The van der Waals surface area contributed by atoms with Crippen molar-refractivity contribution in [3.63, 3.8) is 0 Å². The van der Waals surface area contributed by atoms with Crippen LogP contribution in [0.1, 0.15) is 5.56 Å². The molecule has 6 rings (SSSR count). The first-order chi connectivity index (χ1) is 15.3. The highest BCUT2D eigenvalue weighted by molar-refractivity contribution is 6.14. The van der Waals surface area contributed by atoms with Crippen LogP contribution in [0.2, 0.25) is 0 Å². The van der Waals surface area contributed by atoms with Crippen LogP contribution in [0.25, 0.3) is 0 Å². The van der Waals surface area contributed by atoms with Crippen LogP contribution in [0.15, 0.2) is 114 Å². The van der Waals surface area contributed by atoms with Crippen LogP contribution in [0.4, 0.5) is 15.8 Å². The number of hydrogen-bond acceptors (Lipinski definition) is 4. The van der Waals surface area contributed by atoms with Gasteiger partial charge in [0.2, 0.25) is 0 Å². The summed E-state index contributed by atoms with van der Waals surface area (Å²) in [5.41, 5.74) is 3.12. The summed E-state index contributed by atoms with van der Waals surface area (Å²) in [7, 11) is 0. The quantitative estimate of drug-likeness (QED) is 0.371.